The van der Waals surface area contributed by atoms with Crippen LogP contribution in [0.25, 0.3) is 0 Å². The lowest BCUT2D eigenvalue weighted by Gasteiger charge is -2.05. The van der Waals surface area contributed by atoms with Crippen LogP contribution in [0.3, 0.4) is 0 Å². The molecule has 0 aromatic heterocycles. The van der Waals surface area contributed by atoms with Crippen LogP contribution in [0.1, 0.15) is 0 Å². The van der Waals surface area contributed by atoms with Gasteiger partial charge in [0, 0.05) is 3.57 Å². The van der Waals surface area contributed by atoms with Crippen molar-refractivity contribution in [2.75, 3.05) is 13.2 Å². The molecule has 1 rings (SSSR count). The van der Waals surface area contributed by atoms with E-state index in [0.717, 1.165) is 3.57 Å². The monoisotopic (exact) mass is 298 g/mol. The minimum Gasteiger partial charge on any atom is -0.490 e. The molecule has 0 saturated carbocycles. The fraction of sp³-hybridized carbons (Fsp3) is 0.250. The molecular weight excluding hydrogens is 290 g/mol. The SMILES string of the molecule is OCCOc1ccc(I)cc1Cl. The van der Waals surface area contributed by atoms with Crippen LogP contribution in [-0.2, 0) is 0 Å². The molecular formula is C8H8ClIO2. The van der Waals surface area contributed by atoms with Crippen LogP contribution in [0, 0.1) is 3.57 Å². The van der Waals surface area contributed by atoms with E-state index < -0.39 is 0 Å². The van der Waals surface area contributed by atoms with Gasteiger partial charge >= 0.3 is 0 Å². The molecule has 2 nitrogen and oxygen atoms in total. The molecule has 1 aromatic rings. The summed E-state index contributed by atoms with van der Waals surface area (Å²) in [6, 6.07) is 5.51. The molecule has 0 amide bonds. The maximum atomic E-state index is 8.50. The molecule has 0 aliphatic carbocycles. The Balaban J connectivity index is 2.72. The van der Waals surface area contributed by atoms with Gasteiger partial charge in [0.25, 0.3) is 0 Å². The molecule has 66 valence electrons. The lowest BCUT2D eigenvalue weighted by Crippen LogP contribution is -2.01. The molecule has 0 atom stereocenters. The first-order valence-electron chi connectivity index (χ1n) is 3.43. The minimum atomic E-state index is 0.00230. The Hall–Kier alpha value is -0.0000000000000000555. The Morgan fingerprint density at radius 3 is 2.83 bits per heavy atom. The van der Waals surface area contributed by atoms with Gasteiger partial charge in [-0.05, 0) is 40.8 Å². The molecule has 0 unspecified atom stereocenters. The first kappa shape index (κ1) is 10.1. The highest BCUT2D eigenvalue weighted by atomic mass is 127. The first-order valence-corrected chi connectivity index (χ1v) is 4.88. The Morgan fingerprint density at radius 2 is 2.25 bits per heavy atom. The number of aliphatic hydroxyl groups excluding tert-OH is 1. The third-order valence-electron chi connectivity index (χ3n) is 1.24. The van der Waals surface area contributed by atoms with E-state index in [2.05, 4.69) is 22.6 Å². The molecule has 1 N–H and O–H groups in total. The van der Waals surface area contributed by atoms with Crippen molar-refractivity contribution >= 4 is 34.2 Å². The predicted molar refractivity (Wildman–Crippen MR) is 56.7 cm³/mol. The molecule has 0 aliphatic rings. The van der Waals surface area contributed by atoms with E-state index in [0.29, 0.717) is 10.8 Å². The summed E-state index contributed by atoms with van der Waals surface area (Å²) in [5, 5.41) is 9.08. The highest BCUT2D eigenvalue weighted by Crippen LogP contribution is 2.25. The fourth-order valence-electron chi connectivity index (χ4n) is 0.748. The Kier molecular flexibility index (Phi) is 4.11. The van der Waals surface area contributed by atoms with Crippen LogP contribution in [0.4, 0.5) is 0 Å². The van der Waals surface area contributed by atoms with Gasteiger partial charge in [-0.2, -0.15) is 0 Å². The molecule has 0 spiro atoms. The maximum Gasteiger partial charge on any atom is 0.138 e. The number of hydrogen-bond acceptors (Lipinski definition) is 2. The van der Waals surface area contributed by atoms with Crippen LogP contribution in [0.2, 0.25) is 5.02 Å². The first-order chi connectivity index (χ1) is 5.74. The largest absolute Gasteiger partial charge is 0.490 e. The Morgan fingerprint density at radius 1 is 1.50 bits per heavy atom. The van der Waals surface area contributed by atoms with Crippen LogP contribution in [0.15, 0.2) is 18.2 Å². The Labute approximate surface area is 89.6 Å². The zero-order valence-electron chi connectivity index (χ0n) is 6.26. The van der Waals surface area contributed by atoms with Crippen molar-refractivity contribution in [3.8, 4) is 5.75 Å². The van der Waals surface area contributed by atoms with E-state index >= 15 is 0 Å². The van der Waals surface area contributed by atoms with Crippen LogP contribution >= 0.6 is 34.2 Å². The molecule has 4 heteroatoms. The summed E-state index contributed by atoms with van der Waals surface area (Å²) in [6.45, 7) is 0.280. The fourth-order valence-corrected chi connectivity index (χ4v) is 1.66. The van der Waals surface area contributed by atoms with Crippen molar-refractivity contribution in [3.05, 3.63) is 26.8 Å². The highest BCUT2D eigenvalue weighted by Gasteiger charge is 2.00. The second-order valence-corrected chi connectivity index (χ2v) is 3.80. The average molecular weight is 299 g/mol. The summed E-state index contributed by atoms with van der Waals surface area (Å²) in [7, 11) is 0. The van der Waals surface area contributed by atoms with Gasteiger partial charge in [0.2, 0.25) is 0 Å². The van der Waals surface area contributed by atoms with E-state index in [1.165, 1.54) is 0 Å². The van der Waals surface area contributed by atoms with Gasteiger partial charge < -0.3 is 9.84 Å². The second-order valence-electron chi connectivity index (χ2n) is 2.15. The second kappa shape index (κ2) is 4.89. The number of ether oxygens (including phenoxy) is 1. The van der Waals surface area contributed by atoms with Crippen molar-refractivity contribution in [3.63, 3.8) is 0 Å². The van der Waals surface area contributed by atoms with Crippen LogP contribution < -0.4 is 4.74 Å². The van der Waals surface area contributed by atoms with Crippen molar-refractivity contribution in [2.24, 2.45) is 0 Å². The van der Waals surface area contributed by atoms with Gasteiger partial charge in [0.05, 0.1) is 11.6 Å². The van der Waals surface area contributed by atoms with Gasteiger partial charge in [-0.25, -0.2) is 0 Å². The summed E-state index contributed by atoms with van der Waals surface area (Å²) in [6.07, 6.45) is 0. The molecule has 0 saturated heterocycles. The van der Waals surface area contributed by atoms with E-state index in [4.69, 9.17) is 21.4 Å². The number of rotatable bonds is 3. The van der Waals surface area contributed by atoms with Gasteiger partial charge in [-0.3, -0.25) is 0 Å². The number of halogens is 2. The molecule has 0 bridgehead atoms. The van der Waals surface area contributed by atoms with Crippen molar-refractivity contribution in [1.82, 2.24) is 0 Å². The zero-order chi connectivity index (χ0) is 8.97. The average Bonchev–Trinajstić information content (AvgIpc) is 2.03. The molecule has 12 heavy (non-hydrogen) atoms. The van der Waals surface area contributed by atoms with E-state index in [1.807, 2.05) is 12.1 Å². The van der Waals surface area contributed by atoms with Gasteiger partial charge in [-0.15, -0.1) is 0 Å². The van der Waals surface area contributed by atoms with Gasteiger partial charge in [0.15, 0.2) is 0 Å². The summed E-state index contributed by atoms with van der Waals surface area (Å²) in [4.78, 5) is 0. The smallest absolute Gasteiger partial charge is 0.138 e. The molecule has 0 aliphatic heterocycles. The normalized spacial score (nSPS) is 9.92. The van der Waals surface area contributed by atoms with Gasteiger partial charge in [-0.1, -0.05) is 11.6 Å². The molecule has 0 fully saturated rings. The summed E-state index contributed by atoms with van der Waals surface area (Å²) in [5.41, 5.74) is 0. The van der Waals surface area contributed by atoms with E-state index in [-0.39, 0.29) is 13.2 Å². The molecule has 0 heterocycles. The molecule has 1 aromatic carbocycles. The van der Waals surface area contributed by atoms with Crippen molar-refractivity contribution in [2.45, 2.75) is 0 Å². The third kappa shape index (κ3) is 2.80. The predicted octanol–water partition coefficient (Wildman–Crippen LogP) is 2.32. The highest BCUT2D eigenvalue weighted by molar-refractivity contribution is 14.1. The number of aliphatic hydroxyl groups is 1. The van der Waals surface area contributed by atoms with Crippen LogP contribution in [-0.4, -0.2) is 18.3 Å². The number of benzene rings is 1. The summed E-state index contributed by atoms with van der Waals surface area (Å²) < 4.78 is 6.22. The minimum absolute atomic E-state index is 0.00230. The lowest BCUT2D eigenvalue weighted by atomic mass is 10.3. The topological polar surface area (TPSA) is 29.5 Å². The van der Waals surface area contributed by atoms with E-state index in [1.54, 1.807) is 6.07 Å². The summed E-state index contributed by atoms with van der Waals surface area (Å²) in [5.74, 6) is 0.617. The lowest BCUT2D eigenvalue weighted by molar-refractivity contribution is 0.201. The van der Waals surface area contributed by atoms with Crippen molar-refractivity contribution in [1.29, 1.82) is 0 Å². The number of hydrogen-bond donors (Lipinski definition) is 1. The van der Waals surface area contributed by atoms with Gasteiger partial charge in [0.1, 0.15) is 12.4 Å². The standard InChI is InChI=1S/C8H8ClIO2/c9-7-5-6(10)1-2-8(7)12-4-3-11/h1-2,5,11H,3-4H2. The third-order valence-corrected chi connectivity index (χ3v) is 2.21. The van der Waals surface area contributed by atoms with E-state index in [9.17, 15) is 0 Å². The van der Waals surface area contributed by atoms with Crippen molar-refractivity contribution < 1.29 is 9.84 Å². The quantitative estimate of drug-likeness (QED) is 0.868. The van der Waals surface area contributed by atoms with Crippen LogP contribution in [0.5, 0.6) is 5.75 Å². The summed E-state index contributed by atoms with van der Waals surface area (Å²) >= 11 is 8.02. The maximum absolute atomic E-state index is 8.50. The Bertz CT molecular complexity index is 265. The zero-order valence-corrected chi connectivity index (χ0v) is 9.17. The molecule has 0 radical (unpaired) electrons.